The average Bonchev–Trinajstić information content (AvgIpc) is 2.76. The summed E-state index contributed by atoms with van der Waals surface area (Å²) in [4.78, 5) is 0. The fourth-order valence-corrected chi connectivity index (χ4v) is 3.63. The van der Waals surface area contributed by atoms with E-state index in [0.717, 1.165) is 24.5 Å². The van der Waals surface area contributed by atoms with E-state index in [9.17, 15) is 0 Å². The zero-order valence-electron chi connectivity index (χ0n) is 16.6. The molecule has 4 heteroatoms. The smallest absolute Gasteiger partial charge is 0.193 e. The molecule has 0 amide bonds. The van der Waals surface area contributed by atoms with Gasteiger partial charge in [-0.25, -0.2) is 0 Å². The molecule has 0 spiro atoms. The van der Waals surface area contributed by atoms with Crippen LogP contribution in [0.25, 0.3) is 10.8 Å². The average molecular weight is 450 g/mol. The van der Waals surface area contributed by atoms with Crippen LogP contribution in [0.3, 0.4) is 0 Å². The van der Waals surface area contributed by atoms with Crippen molar-refractivity contribution in [3.8, 4) is 11.5 Å². The third-order valence-corrected chi connectivity index (χ3v) is 5.07. The first-order valence-corrected chi connectivity index (χ1v) is 9.43. The Morgan fingerprint density at radius 2 is 1.45 bits per heavy atom. The number of nitrogens with zero attached hydrogens (tertiary/aromatic N) is 1. The highest BCUT2D eigenvalue weighted by molar-refractivity contribution is 5.83. The molecule has 0 unspecified atom stereocenters. The summed E-state index contributed by atoms with van der Waals surface area (Å²) in [5.41, 5.74) is 3.77. The quantitative estimate of drug-likeness (QED) is 0.418. The molecule has 0 bridgehead atoms. The Labute approximate surface area is 182 Å². The highest BCUT2D eigenvalue weighted by Crippen LogP contribution is 2.29. The van der Waals surface area contributed by atoms with E-state index in [4.69, 9.17) is 9.47 Å². The second-order valence-corrected chi connectivity index (χ2v) is 6.83. The van der Waals surface area contributed by atoms with Crippen molar-refractivity contribution < 1.29 is 31.0 Å². The van der Waals surface area contributed by atoms with Crippen molar-refractivity contribution in [3.63, 3.8) is 0 Å². The number of hydrogen-bond donors (Lipinski definition) is 0. The van der Waals surface area contributed by atoms with Crippen LogP contribution in [-0.4, -0.2) is 14.2 Å². The fraction of sp³-hybridized carbons (Fsp3) is 0.160. The van der Waals surface area contributed by atoms with E-state index in [1.165, 1.54) is 27.6 Å². The minimum absolute atomic E-state index is 0. The Bertz CT molecular complexity index is 1100. The molecule has 0 fully saturated rings. The third-order valence-electron chi connectivity index (χ3n) is 5.07. The number of benzene rings is 3. The van der Waals surface area contributed by atoms with E-state index in [1.54, 1.807) is 14.2 Å². The normalized spacial score (nSPS) is 10.4. The van der Waals surface area contributed by atoms with Crippen LogP contribution in [0.4, 0.5) is 0 Å². The number of fused-ring (bicyclic) bond motifs is 1. The summed E-state index contributed by atoms with van der Waals surface area (Å²) in [5.74, 6) is 1.51. The van der Waals surface area contributed by atoms with Crippen molar-refractivity contribution >= 4 is 10.8 Å². The molecular formula is C25H24BrNO2. The topological polar surface area (TPSA) is 22.3 Å². The van der Waals surface area contributed by atoms with Gasteiger partial charge < -0.3 is 26.5 Å². The number of rotatable bonds is 6. The van der Waals surface area contributed by atoms with Crippen LogP contribution in [0, 0.1) is 0 Å². The van der Waals surface area contributed by atoms with Crippen molar-refractivity contribution in [1.29, 1.82) is 0 Å². The van der Waals surface area contributed by atoms with Gasteiger partial charge in [-0.3, -0.25) is 0 Å². The minimum atomic E-state index is 0. The Morgan fingerprint density at radius 1 is 0.724 bits per heavy atom. The van der Waals surface area contributed by atoms with Crippen LogP contribution in [0.5, 0.6) is 11.5 Å². The van der Waals surface area contributed by atoms with Gasteiger partial charge in [-0.05, 0) is 29.1 Å². The highest BCUT2D eigenvalue weighted by atomic mass is 79.9. The SMILES string of the molecule is COc1ccc(Cc2c3ccccc3cc[n+]2Cc2ccccc2)cc1OC.[Br-]. The lowest BCUT2D eigenvalue weighted by molar-refractivity contribution is -0.693. The van der Waals surface area contributed by atoms with E-state index in [2.05, 4.69) is 83.6 Å². The van der Waals surface area contributed by atoms with Crippen molar-refractivity contribution in [2.24, 2.45) is 0 Å². The molecule has 0 saturated carbocycles. The van der Waals surface area contributed by atoms with E-state index in [-0.39, 0.29) is 17.0 Å². The molecule has 0 atom stereocenters. The summed E-state index contributed by atoms with van der Waals surface area (Å²) in [6, 6.07) is 27.5. The lowest BCUT2D eigenvalue weighted by Crippen LogP contribution is -3.00. The molecule has 0 aliphatic heterocycles. The maximum absolute atomic E-state index is 5.50. The van der Waals surface area contributed by atoms with Crippen LogP contribution in [0.1, 0.15) is 16.8 Å². The molecule has 3 nitrogen and oxygen atoms in total. The van der Waals surface area contributed by atoms with Gasteiger partial charge in [0.2, 0.25) is 0 Å². The molecule has 0 N–H and O–H groups in total. The molecule has 0 aliphatic carbocycles. The Morgan fingerprint density at radius 3 is 2.21 bits per heavy atom. The Balaban J connectivity index is 0.00000240. The van der Waals surface area contributed by atoms with Crippen LogP contribution in [-0.2, 0) is 13.0 Å². The van der Waals surface area contributed by atoms with Crippen LogP contribution in [0.15, 0.2) is 85.1 Å². The molecular weight excluding hydrogens is 426 g/mol. The van der Waals surface area contributed by atoms with Gasteiger partial charge in [0.1, 0.15) is 0 Å². The molecule has 29 heavy (non-hydrogen) atoms. The number of pyridine rings is 1. The predicted molar refractivity (Wildman–Crippen MR) is 112 cm³/mol. The first kappa shape index (κ1) is 20.9. The summed E-state index contributed by atoms with van der Waals surface area (Å²) in [5, 5.41) is 2.53. The standard InChI is InChI=1S/C25H24NO2.BrH/c1-27-24-13-12-20(17-25(24)28-2)16-23-22-11-7-6-10-21(22)14-15-26(23)18-19-8-4-3-5-9-19;/h3-15,17H,16,18H2,1-2H3;1H/q+1;/p-1. The maximum Gasteiger partial charge on any atom is 0.193 e. The lowest BCUT2D eigenvalue weighted by atomic mass is 10.0. The molecule has 3 aromatic carbocycles. The molecule has 4 rings (SSSR count). The van der Waals surface area contributed by atoms with Gasteiger partial charge in [0.15, 0.2) is 29.9 Å². The van der Waals surface area contributed by atoms with Gasteiger partial charge in [-0.1, -0.05) is 54.6 Å². The summed E-state index contributed by atoms with van der Waals surface area (Å²) >= 11 is 0. The number of ether oxygens (including phenoxy) is 2. The molecule has 1 heterocycles. The zero-order valence-corrected chi connectivity index (χ0v) is 18.2. The van der Waals surface area contributed by atoms with Crippen LogP contribution in [0.2, 0.25) is 0 Å². The van der Waals surface area contributed by atoms with Crippen LogP contribution >= 0.6 is 0 Å². The molecule has 1 aromatic heterocycles. The van der Waals surface area contributed by atoms with E-state index in [1.807, 2.05) is 6.07 Å². The van der Waals surface area contributed by atoms with Gasteiger partial charge in [0.05, 0.1) is 20.6 Å². The monoisotopic (exact) mass is 449 g/mol. The summed E-state index contributed by atoms with van der Waals surface area (Å²) < 4.78 is 13.2. The number of aromatic nitrogens is 1. The predicted octanol–water partition coefficient (Wildman–Crippen LogP) is 1.79. The Kier molecular flexibility index (Phi) is 6.89. The second-order valence-electron chi connectivity index (χ2n) is 6.83. The van der Waals surface area contributed by atoms with Gasteiger partial charge >= 0.3 is 0 Å². The Hall–Kier alpha value is -2.85. The number of hydrogen-bond acceptors (Lipinski definition) is 2. The maximum atomic E-state index is 5.50. The molecule has 0 aliphatic rings. The van der Waals surface area contributed by atoms with Crippen molar-refractivity contribution in [2.75, 3.05) is 14.2 Å². The summed E-state index contributed by atoms with van der Waals surface area (Å²) in [7, 11) is 3.34. The third kappa shape index (κ3) is 4.60. The number of methoxy groups -OCH3 is 2. The van der Waals surface area contributed by atoms with E-state index >= 15 is 0 Å². The summed E-state index contributed by atoms with van der Waals surface area (Å²) in [6.45, 7) is 0.842. The van der Waals surface area contributed by atoms with Crippen molar-refractivity contribution in [1.82, 2.24) is 0 Å². The lowest BCUT2D eigenvalue weighted by Gasteiger charge is -2.11. The zero-order chi connectivity index (χ0) is 19.3. The van der Waals surface area contributed by atoms with Gasteiger partial charge in [0, 0.05) is 17.0 Å². The fourth-order valence-electron chi connectivity index (χ4n) is 3.63. The number of halogens is 1. The molecule has 0 radical (unpaired) electrons. The molecule has 4 aromatic rings. The van der Waals surface area contributed by atoms with Crippen LogP contribution < -0.4 is 31.0 Å². The van der Waals surface area contributed by atoms with E-state index in [0.29, 0.717) is 0 Å². The first-order chi connectivity index (χ1) is 13.8. The first-order valence-electron chi connectivity index (χ1n) is 9.43. The largest absolute Gasteiger partial charge is 1.00 e. The minimum Gasteiger partial charge on any atom is -1.00 e. The van der Waals surface area contributed by atoms with Crippen molar-refractivity contribution in [3.05, 3.63) is 102 Å². The van der Waals surface area contributed by atoms with Gasteiger partial charge in [0.25, 0.3) is 0 Å². The summed E-state index contributed by atoms with van der Waals surface area (Å²) in [6.07, 6.45) is 3.00. The van der Waals surface area contributed by atoms with E-state index < -0.39 is 0 Å². The van der Waals surface area contributed by atoms with Crippen molar-refractivity contribution in [2.45, 2.75) is 13.0 Å². The highest BCUT2D eigenvalue weighted by Gasteiger charge is 2.17. The molecule has 0 saturated heterocycles. The van der Waals surface area contributed by atoms with Gasteiger partial charge in [-0.15, -0.1) is 0 Å². The van der Waals surface area contributed by atoms with Gasteiger partial charge in [-0.2, -0.15) is 4.57 Å². The second kappa shape index (κ2) is 9.57. The molecule has 148 valence electrons.